The van der Waals surface area contributed by atoms with Crippen LogP contribution in [0.2, 0.25) is 10.0 Å². The summed E-state index contributed by atoms with van der Waals surface area (Å²) in [5.74, 6) is 0.144. The van der Waals surface area contributed by atoms with E-state index in [9.17, 15) is 30.0 Å². The first-order valence-electron chi connectivity index (χ1n) is 9.86. The van der Waals surface area contributed by atoms with Crippen molar-refractivity contribution in [3.63, 3.8) is 0 Å². The van der Waals surface area contributed by atoms with Gasteiger partial charge in [-0.3, -0.25) is 9.44 Å². The molecule has 0 spiro atoms. The molecular weight excluding hydrogens is 598 g/mol. The predicted octanol–water partition coefficient (Wildman–Crippen LogP) is 6.59. The van der Waals surface area contributed by atoms with E-state index in [1.165, 1.54) is 18.2 Å². The lowest BCUT2D eigenvalue weighted by molar-refractivity contribution is -0.137. The smallest absolute Gasteiger partial charge is 0.416 e. The van der Waals surface area contributed by atoms with Crippen LogP contribution in [0.4, 0.5) is 24.5 Å². The normalized spacial score (nSPS) is 12.5. The third kappa shape index (κ3) is 6.57. The van der Waals surface area contributed by atoms with E-state index < -0.39 is 41.7 Å². The Bertz CT molecular complexity index is 1730. The second kappa shape index (κ2) is 9.83. The molecule has 1 heterocycles. The number of fused-ring (bicyclic) bond motifs is 1. The van der Waals surface area contributed by atoms with Gasteiger partial charge >= 0.3 is 6.18 Å². The Morgan fingerprint density at radius 1 is 0.892 bits per heavy atom. The molecule has 0 bridgehead atoms. The van der Waals surface area contributed by atoms with Crippen molar-refractivity contribution in [1.29, 1.82) is 0 Å². The first-order chi connectivity index (χ1) is 17.1. The number of benzene rings is 3. The molecule has 8 nitrogen and oxygen atoms in total. The first kappa shape index (κ1) is 27.3. The Kier molecular flexibility index (Phi) is 7.25. The predicted molar refractivity (Wildman–Crippen MR) is 137 cm³/mol. The molecule has 0 saturated heterocycles. The van der Waals surface area contributed by atoms with Gasteiger partial charge in [0.25, 0.3) is 15.2 Å². The molecule has 0 radical (unpaired) electrons. The first-order valence-corrected chi connectivity index (χ1v) is 14.8. The average molecular weight is 612 g/mol. The molecule has 0 atom stereocenters. The van der Waals surface area contributed by atoms with E-state index >= 15 is 0 Å². The molecule has 1 aromatic heterocycles. The molecule has 2 N–H and O–H groups in total. The summed E-state index contributed by atoms with van der Waals surface area (Å²) < 4.78 is 97.7. The van der Waals surface area contributed by atoms with Gasteiger partial charge in [0.15, 0.2) is 0 Å². The van der Waals surface area contributed by atoms with Gasteiger partial charge in [-0.2, -0.15) is 13.2 Å². The van der Waals surface area contributed by atoms with Crippen molar-refractivity contribution in [3.05, 3.63) is 70.2 Å². The van der Waals surface area contributed by atoms with Gasteiger partial charge in [-0.15, -0.1) is 0 Å². The van der Waals surface area contributed by atoms with Gasteiger partial charge in [-0.1, -0.05) is 34.5 Å². The molecule has 0 saturated carbocycles. The van der Waals surface area contributed by atoms with Crippen LogP contribution < -0.4 is 14.2 Å². The van der Waals surface area contributed by atoms with E-state index in [0.717, 1.165) is 23.7 Å². The van der Waals surface area contributed by atoms with Gasteiger partial charge in [-0.05, 0) is 54.6 Å². The summed E-state index contributed by atoms with van der Waals surface area (Å²) in [7, 11) is -7.79. The zero-order valence-corrected chi connectivity index (χ0v) is 22.3. The molecule has 196 valence electrons. The Morgan fingerprint density at radius 2 is 1.57 bits per heavy atom. The maximum atomic E-state index is 12.8. The van der Waals surface area contributed by atoms with Gasteiger partial charge < -0.3 is 4.74 Å². The molecule has 0 aliphatic carbocycles. The van der Waals surface area contributed by atoms with Crippen LogP contribution in [-0.4, -0.2) is 28.1 Å². The lowest BCUT2D eigenvalue weighted by Gasteiger charge is -2.13. The zero-order valence-electron chi connectivity index (χ0n) is 18.3. The Morgan fingerprint density at radius 3 is 2.19 bits per heavy atom. The van der Waals surface area contributed by atoms with Crippen LogP contribution in [0, 0.1) is 0 Å². The van der Waals surface area contributed by atoms with E-state index in [2.05, 4.69) is 14.4 Å². The number of hydrogen-bond donors (Lipinski definition) is 2. The van der Waals surface area contributed by atoms with Crippen molar-refractivity contribution in [1.82, 2.24) is 4.98 Å². The number of nitrogens with zero attached hydrogens (tertiary/aromatic N) is 1. The van der Waals surface area contributed by atoms with E-state index in [-0.39, 0.29) is 21.7 Å². The highest BCUT2D eigenvalue weighted by Gasteiger charge is 2.32. The summed E-state index contributed by atoms with van der Waals surface area (Å²) >= 11 is 13.2. The number of halogens is 5. The summed E-state index contributed by atoms with van der Waals surface area (Å²) in [6.07, 6.45) is -3.65. The van der Waals surface area contributed by atoms with Gasteiger partial charge in [-0.25, -0.2) is 21.8 Å². The number of anilines is 2. The van der Waals surface area contributed by atoms with Crippen LogP contribution in [-0.2, 0) is 26.2 Å². The third-order valence-corrected chi connectivity index (χ3v) is 8.26. The second-order valence-electron chi connectivity index (χ2n) is 7.53. The fourth-order valence-corrected chi connectivity index (χ4v) is 6.31. The standard InChI is InChI=1S/C21H14Cl2F3N3O5S3/c1-36(30,31)28-13-3-5-16-18(10-13)35-20(27-16)34-17-6-4-12(9-14(17)22)29-37(32,33)19-7-2-11(8-15(19)23)21(24,25)26/h2-10,28-29H,1H3. The van der Waals surface area contributed by atoms with Crippen molar-refractivity contribution >= 4 is 76.2 Å². The van der Waals surface area contributed by atoms with Gasteiger partial charge in [0.1, 0.15) is 10.6 Å². The molecule has 16 heteroatoms. The van der Waals surface area contributed by atoms with Crippen LogP contribution in [0.5, 0.6) is 10.9 Å². The molecule has 0 aliphatic heterocycles. The summed E-state index contributed by atoms with van der Waals surface area (Å²) in [5.41, 5.74) is -0.172. The highest BCUT2D eigenvalue weighted by Crippen LogP contribution is 2.38. The van der Waals surface area contributed by atoms with Gasteiger partial charge in [0, 0.05) is 0 Å². The number of nitrogens with one attached hydrogen (secondary N) is 2. The minimum atomic E-state index is -4.68. The minimum absolute atomic E-state index is 0.00843. The molecule has 4 rings (SSSR count). The number of sulfonamides is 2. The number of ether oxygens (including phenoxy) is 1. The zero-order chi connectivity index (χ0) is 27.2. The second-order valence-corrected chi connectivity index (χ2v) is 12.7. The van der Waals surface area contributed by atoms with E-state index in [1.54, 1.807) is 18.2 Å². The summed E-state index contributed by atoms with van der Waals surface area (Å²) in [5, 5.41) is -0.394. The quantitative estimate of drug-likeness (QED) is 0.244. The van der Waals surface area contributed by atoms with Crippen molar-refractivity contribution in [2.45, 2.75) is 11.1 Å². The molecule has 37 heavy (non-hydrogen) atoms. The van der Waals surface area contributed by atoms with Gasteiger partial charge in [0.05, 0.1) is 43.5 Å². The molecular formula is C21H14Cl2F3N3O5S3. The maximum absolute atomic E-state index is 12.8. The molecule has 0 amide bonds. The Labute approximate surface area is 223 Å². The van der Waals surface area contributed by atoms with Crippen molar-refractivity contribution < 1.29 is 34.7 Å². The number of rotatable bonds is 7. The third-order valence-electron chi connectivity index (χ3n) is 4.60. The van der Waals surface area contributed by atoms with E-state index in [1.807, 2.05) is 0 Å². The number of aromatic nitrogens is 1. The van der Waals surface area contributed by atoms with Crippen LogP contribution >= 0.6 is 34.5 Å². The highest BCUT2D eigenvalue weighted by atomic mass is 35.5. The molecule has 3 aromatic carbocycles. The number of alkyl halides is 3. The van der Waals surface area contributed by atoms with E-state index in [4.69, 9.17) is 27.9 Å². The average Bonchev–Trinajstić information content (AvgIpc) is 3.15. The number of hydrogen-bond acceptors (Lipinski definition) is 7. The van der Waals surface area contributed by atoms with Crippen LogP contribution in [0.25, 0.3) is 10.2 Å². The Balaban J connectivity index is 1.53. The SMILES string of the molecule is CS(=O)(=O)Nc1ccc2nc(Oc3ccc(NS(=O)(=O)c4ccc(C(F)(F)F)cc4Cl)cc3Cl)sc2c1. The summed E-state index contributed by atoms with van der Waals surface area (Å²) in [6, 6.07) is 10.6. The highest BCUT2D eigenvalue weighted by molar-refractivity contribution is 7.93. The molecule has 0 fully saturated rings. The molecule has 0 aliphatic rings. The maximum Gasteiger partial charge on any atom is 0.416 e. The lowest BCUT2D eigenvalue weighted by Crippen LogP contribution is -2.14. The van der Waals surface area contributed by atoms with Crippen molar-refractivity contribution in [2.24, 2.45) is 0 Å². The largest absolute Gasteiger partial charge is 0.429 e. The minimum Gasteiger partial charge on any atom is -0.429 e. The van der Waals surface area contributed by atoms with Crippen molar-refractivity contribution in [2.75, 3.05) is 15.7 Å². The van der Waals surface area contributed by atoms with Gasteiger partial charge in [0.2, 0.25) is 10.0 Å². The summed E-state index contributed by atoms with van der Waals surface area (Å²) in [4.78, 5) is 3.75. The monoisotopic (exact) mass is 611 g/mol. The van der Waals surface area contributed by atoms with Crippen LogP contribution in [0.1, 0.15) is 5.56 Å². The topological polar surface area (TPSA) is 114 Å². The number of thiazole rings is 1. The van der Waals surface area contributed by atoms with Crippen LogP contribution in [0.15, 0.2) is 59.5 Å². The lowest BCUT2D eigenvalue weighted by atomic mass is 10.2. The fraction of sp³-hybridized carbons (Fsp3) is 0.0952. The fourth-order valence-electron chi connectivity index (χ4n) is 3.07. The molecule has 4 aromatic rings. The summed E-state index contributed by atoms with van der Waals surface area (Å²) in [6.45, 7) is 0. The Hall–Kier alpha value is -2.78. The van der Waals surface area contributed by atoms with E-state index in [0.29, 0.717) is 28.0 Å². The van der Waals surface area contributed by atoms with Crippen molar-refractivity contribution in [3.8, 4) is 10.9 Å². The van der Waals surface area contributed by atoms with Crippen LogP contribution in [0.3, 0.4) is 0 Å². The molecule has 0 unspecified atom stereocenters.